The van der Waals surface area contributed by atoms with Gasteiger partial charge in [-0.25, -0.2) is 0 Å². The minimum Gasteiger partial charge on any atom is -0.461 e. The average Bonchev–Trinajstić information content (AvgIpc) is 3.22. The molecule has 4 rings (SSSR count). The van der Waals surface area contributed by atoms with Crippen molar-refractivity contribution in [2.24, 2.45) is 0 Å². The highest BCUT2D eigenvalue weighted by molar-refractivity contribution is 6.10. The molecule has 5 nitrogen and oxygen atoms in total. The third-order valence-corrected chi connectivity index (χ3v) is 5.69. The zero-order valence-corrected chi connectivity index (χ0v) is 17.5. The topological polar surface area (TPSA) is 53.8 Å². The minimum atomic E-state index is -0.172. The normalized spacial score (nSPS) is 13.2. The van der Waals surface area contributed by atoms with Gasteiger partial charge in [-0.15, -0.1) is 0 Å². The van der Waals surface area contributed by atoms with Crippen LogP contribution in [0.15, 0.2) is 59.5 Å². The summed E-state index contributed by atoms with van der Waals surface area (Å²) in [5.41, 5.74) is 3.86. The number of hydrogen-bond acceptors (Lipinski definition) is 3. The molecule has 0 unspecified atom stereocenters. The number of rotatable bonds is 7. The lowest BCUT2D eigenvalue weighted by Gasteiger charge is -2.22. The zero-order chi connectivity index (χ0) is 21.3. The molecular formula is C25H26N2O3. The maximum Gasteiger partial charge on any atom is 0.259 e. The molecule has 2 heterocycles. The van der Waals surface area contributed by atoms with Crippen molar-refractivity contribution in [3.8, 4) is 0 Å². The molecule has 0 radical (unpaired) electrons. The summed E-state index contributed by atoms with van der Waals surface area (Å²) in [5, 5.41) is 1.04. The van der Waals surface area contributed by atoms with Crippen LogP contribution in [0.25, 0.3) is 16.7 Å². The first kappa shape index (κ1) is 20.0. The number of amides is 2. The third-order valence-electron chi connectivity index (χ3n) is 5.69. The lowest BCUT2D eigenvalue weighted by Crippen LogP contribution is -2.37. The number of fused-ring (bicyclic) bond motifs is 2. The van der Waals surface area contributed by atoms with Crippen LogP contribution in [0.5, 0.6) is 0 Å². The predicted octanol–water partition coefficient (Wildman–Crippen LogP) is 4.86. The third kappa shape index (κ3) is 3.52. The van der Waals surface area contributed by atoms with Crippen LogP contribution >= 0.6 is 0 Å². The van der Waals surface area contributed by atoms with Crippen molar-refractivity contribution in [3.63, 3.8) is 0 Å². The highest BCUT2D eigenvalue weighted by Gasteiger charge is 2.32. The van der Waals surface area contributed by atoms with E-state index in [2.05, 4.69) is 13.5 Å². The Labute approximate surface area is 176 Å². The first-order valence-electron chi connectivity index (χ1n) is 10.3. The van der Waals surface area contributed by atoms with Crippen LogP contribution in [0.2, 0.25) is 0 Å². The molecule has 5 heteroatoms. The highest BCUT2D eigenvalue weighted by Crippen LogP contribution is 2.31. The van der Waals surface area contributed by atoms with E-state index < -0.39 is 0 Å². The van der Waals surface area contributed by atoms with Gasteiger partial charge in [0.05, 0.1) is 0 Å². The van der Waals surface area contributed by atoms with Crippen LogP contribution < -0.4 is 0 Å². The van der Waals surface area contributed by atoms with Gasteiger partial charge < -0.3 is 9.32 Å². The van der Waals surface area contributed by atoms with Gasteiger partial charge in [0.2, 0.25) is 5.91 Å². The van der Waals surface area contributed by atoms with Gasteiger partial charge in [0, 0.05) is 47.8 Å². The summed E-state index contributed by atoms with van der Waals surface area (Å²) in [6.07, 6.45) is 2.95. The molecule has 3 aromatic rings. The van der Waals surface area contributed by atoms with Crippen molar-refractivity contribution >= 4 is 28.5 Å². The molecular weight excluding hydrogens is 376 g/mol. The number of aryl methyl sites for hydroxylation is 1. The summed E-state index contributed by atoms with van der Waals surface area (Å²) >= 11 is 0. The molecule has 2 amide bonds. The Kier molecular flexibility index (Phi) is 5.44. The largest absolute Gasteiger partial charge is 0.461 e. The first-order chi connectivity index (χ1) is 14.5. The van der Waals surface area contributed by atoms with Crippen LogP contribution in [-0.4, -0.2) is 35.2 Å². The molecule has 0 bridgehead atoms. The Morgan fingerprint density at radius 2 is 1.80 bits per heavy atom. The van der Waals surface area contributed by atoms with Crippen LogP contribution in [0.1, 0.15) is 47.0 Å². The fourth-order valence-corrected chi connectivity index (χ4v) is 3.95. The lowest BCUT2D eigenvalue weighted by molar-refractivity contribution is -0.130. The smallest absolute Gasteiger partial charge is 0.259 e. The van der Waals surface area contributed by atoms with Crippen molar-refractivity contribution in [2.45, 2.75) is 32.7 Å². The summed E-state index contributed by atoms with van der Waals surface area (Å²) in [6.45, 7) is 6.59. The van der Waals surface area contributed by atoms with Crippen LogP contribution in [0.4, 0.5) is 0 Å². The minimum absolute atomic E-state index is 0.0249. The quantitative estimate of drug-likeness (QED) is 0.567. The number of carbonyl (C=O) groups is 2. The number of unbranched alkanes of at least 4 members (excludes halogenated alkanes) is 1. The monoisotopic (exact) mass is 402 g/mol. The number of para-hydroxylation sites is 1. The van der Waals surface area contributed by atoms with Gasteiger partial charge in [0.15, 0.2) is 0 Å². The van der Waals surface area contributed by atoms with E-state index in [0.29, 0.717) is 17.8 Å². The van der Waals surface area contributed by atoms with Gasteiger partial charge in [-0.05, 0) is 18.6 Å². The van der Waals surface area contributed by atoms with E-state index in [1.165, 1.54) is 4.90 Å². The Bertz CT molecular complexity index is 1090. The lowest BCUT2D eigenvalue weighted by atomic mass is 10.1. The maximum absolute atomic E-state index is 13.0. The number of likely N-dealkylation sites (N-methyl/N-ethyl adjacent to an activating group) is 1. The molecule has 1 aromatic heterocycles. The van der Waals surface area contributed by atoms with E-state index >= 15 is 0 Å². The fraction of sp³-hybridized carbons (Fsp3) is 0.280. The fourth-order valence-electron chi connectivity index (χ4n) is 3.95. The maximum atomic E-state index is 13.0. The standard InChI is InChI=1S/C25H26N2O3/c1-4-5-13-23-21(19-11-8-9-14-22(19)30-23)15-26(3)24(28)16-27-17(2)18-10-6-7-12-20(18)25(27)29/h6-12,14H,2,4-5,13,15-16H2,1,3H3. The molecule has 0 aliphatic carbocycles. The van der Waals surface area contributed by atoms with Crippen LogP contribution in [0, 0.1) is 0 Å². The van der Waals surface area contributed by atoms with E-state index in [1.807, 2.05) is 42.5 Å². The Morgan fingerprint density at radius 1 is 1.10 bits per heavy atom. The van der Waals surface area contributed by atoms with Crippen LogP contribution in [-0.2, 0) is 17.8 Å². The summed E-state index contributed by atoms with van der Waals surface area (Å²) in [6, 6.07) is 15.3. The molecule has 1 aliphatic rings. The number of hydrogen-bond donors (Lipinski definition) is 0. The number of nitrogens with zero attached hydrogens (tertiary/aromatic N) is 2. The van der Waals surface area contributed by atoms with Crippen molar-refractivity contribution in [1.82, 2.24) is 9.80 Å². The predicted molar refractivity (Wildman–Crippen MR) is 118 cm³/mol. The number of carbonyl (C=O) groups excluding carboxylic acids is 2. The summed E-state index contributed by atoms with van der Waals surface area (Å²) in [7, 11) is 1.77. The van der Waals surface area contributed by atoms with E-state index in [0.717, 1.165) is 47.1 Å². The van der Waals surface area contributed by atoms with E-state index in [-0.39, 0.29) is 18.4 Å². The molecule has 0 fully saturated rings. The van der Waals surface area contributed by atoms with Gasteiger partial charge in [-0.2, -0.15) is 0 Å². The second-order valence-corrected chi connectivity index (χ2v) is 7.74. The summed E-state index contributed by atoms with van der Waals surface area (Å²) in [5.74, 6) is 0.630. The summed E-state index contributed by atoms with van der Waals surface area (Å²) < 4.78 is 6.08. The van der Waals surface area contributed by atoms with E-state index in [4.69, 9.17) is 4.42 Å². The van der Waals surface area contributed by atoms with Crippen molar-refractivity contribution in [2.75, 3.05) is 13.6 Å². The van der Waals surface area contributed by atoms with E-state index in [9.17, 15) is 9.59 Å². The number of benzene rings is 2. The second kappa shape index (κ2) is 8.19. The van der Waals surface area contributed by atoms with Gasteiger partial charge in [-0.1, -0.05) is 56.3 Å². The molecule has 0 N–H and O–H groups in total. The molecule has 0 saturated carbocycles. The Morgan fingerprint density at radius 3 is 2.53 bits per heavy atom. The summed E-state index contributed by atoms with van der Waals surface area (Å²) in [4.78, 5) is 28.8. The molecule has 30 heavy (non-hydrogen) atoms. The van der Waals surface area contributed by atoms with Crippen molar-refractivity contribution < 1.29 is 14.0 Å². The van der Waals surface area contributed by atoms with Gasteiger partial charge in [0.25, 0.3) is 5.91 Å². The van der Waals surface area contributed by atoms with Crippen molar-refractivity contribution in [1.29, 1.82) is 0 Å². The highest BCUT2D eigenvalue weighted by atomic mass is 16.3. The molecule has 154 valence electrons. The molecule has 0 atom stereocenters. The molecule has 0 spiro atoms. The number of furan rings is 1. The SMILES string of the molecule is C=C1c2ccccc2C(=O)N1CC(=O)N(C)Cc1c(CCCC)oc2ccccc12. The average molecular weight is 402 g/mol. The van der Waals surface area contributed by atoms with Gasteiger partial charge >= 0.3 is 0 Å². The molecule has 2 aromatic carbocycles. The van der Waals surface area contributed by atoms with Crippen LogP contribution in [0.3, 0.4) is 0 Å². The van der Waals surface area contributed by atoms with Gasteiger partial charge in [-0.3, -0.25) is 14.5 Å². The first-order valence-corrected chi connectivity index (χ1v) is 10.3. The van der Waals surface area contributed by atoms with Gasteiger partial charge in [0.1, 0.15) is 17.9 Å². The molecule has 0 saturated heterocycles. The zero-order valence-electron chi connectivity index (χ0n) is 17.5. The van der Waals surface area contributed by atoms with Crippen molar-refractivity contribution in [3.05, 3.63) is 77.6 Å². The molecule has 1 aliphatic heterocycles. The Balaban J connectivity index is 1.52. The van der Waals surface area contributed by atoms with E-state index in [1.54, 1.807) is 18.0 Å². The second-order valence-electron chi connectivity index (χ2n) is 7.74. The Hall–Kier alpha value is -3.34.